The lowest BCUT2D eigenvalue weighted by atomic mass is 9.83. The van der Waals surface area contributed by atoms with Crippen LogP contribution in [0.3, 0.4) is 0 Å². The van der Waals surface area contributed by atoms with Crippen LogP contribution in [0.1, 0.15) is 19.8 Å². The zero-order valence-corrected chi connectivity index (χ0v) is 12.1. The van der Waals surface area contributed by atoms with E-state index >= 15 is 0 Å². The average Bonchev–Trinajstić information content (AvgIpc) is 2.98. The maximum absolute atomic E-state index is 12.7. The molecular formula is C17H20N2O2. The summed E-state index contributed by atoms with van der Waals surface area (Å²) >= 11 is 0. The van der Waals surface area contributed by atoms with Crippen LogP contribution in [0.2, 0.25) is 0 Å². The molecule has 0 spiro atoms. The molecular weight excluding hydrogens is 264 g/mol. The lowest BCUT2D eigenvalue weighted by Gasteiger charge is -2.25. The lowest BCUT2D eigenvalue weighted by molar-refractivity contribution is -0.124. The van der Waals surface area contributed by atoms with Crippen LogP contribution < -0.4 is 10.6 Å². The molecule has 110 valence electrons. The fraction of sp³-hybridized carbons (Fsp3) is 0.353. The number of fused-ring (bicyclic) bond motifs is 1. The van der Waals surface area contributed by atoms with Gasteiger partial charge in [-0.05, 0) is 31.5 Å². The Kier molecular flexibility index (Phi) is 3.55. The van der Waals surface area contributed by atoms with Gasteiger partial charge in [-0.25, -0.2) is 0 Å². The molecule has 2 aromatic rings. The number of anilines is 1. The van der Waals surface area contributed by atoms with Crippen LogP contribution in [0.15, 0.2) is 36.4 Å². The van der Waals surface area contributed by atoms with Crippen molar-refractivity contribution in [2.24, 2.45) is 5.41 Å². The number of hydrogen-bond acceptors (Lipinski definition) is 3. The number of nitrogens with one attached hydrogen (secondary N) is 2. The molecule has 4 heteroatoms. The fourth-order valence-electron chi connectivity index (χ4n) is 3.06. The quantitative estimate of drug-likeness (QED) is 0.812. The van der Waals surface area contributed by atoms with Crippen molar-refractivity contribution in [2.75, 3.05) is 18.4 Å². The van der Waals surface area contributed by atoms with E-state index in [9.17, 15) is 9.90 Å². The number of aromatic hydroxyl groups is 1. The highest BCUT2D eigenvalue weighted by Gasteiger charge is 2.39. The Bertz CT molecular complexity index is 676. The van der Waals surface area contributed by atoms with Gasteiger partial charge in [0, 0.05) is 23.0 Å². The number of benzene rings is 2. The number of phenolic OH excluding ortho intramolecular Hbond substituents is 1. The monoisotopic (exact) mass is 284 g/mol. The van der Waals surface area contributed by atoms with Crippen molar-refractivity contribution >= 4 is 22.4 Å². The predicted molar refractivity (Wildman–Crippen MR) is 84.5 cm³/mol. The number of carbonyl (C=O) groups is 1. The highest BCUT2D eigenvalue weighted by atomic mass is 16.3. The standard InChI is InChI=1S/C17H20N2O2/c1-2-17(9-10-18-11-17)16(21)19-14-7-3-6-13-12(14)5-4-8-15(13)20/h3-8,18,20H,2,9-11H2,1H3,(H,19,21). The summed E-state index contributed by atoms with van der Waals surface area (Å²) in [5, 5.41) is 17.9. The van der Waals surface area contributed by atoms with Gasteiger partial charge in [-0.3, -0.25) is 4.79 Å². The van der Waals surface area contributed by atoms with Crippen molar-refractivity contribution in [2.45, 2.75) is 19.8 Å². The summed E-state index contributed by atoms with van der Waals surface area (Å²) in [4.78, 5) is 12.7. The van der Waals surface area contributed by atoms with Crippen LogP contribution in [0.25, 0.3) is 10.8 Å². The molecule has 1 heterocycles. The molecule has 2 aromatic carbocycles. The second-order valence-electron chi connectivity index (χ2n) is 5.69. The molecule has 0 aromatic heterocycles. The van der Waals surface area contributed by atoms with Crippen LogP contribution in [0.5, 0.6) is 5.75 Å². The first-order chi connectivity index (χ1) is 10.2. The van der Waals surface area contributed by atoms with E-state index in [1.807, 2.05) is 24.3 Å². The molecule has 0 bridgehead atoms. The van der Waals surface area contributed by atoms with Gasteiger partial charge >= 0.3 is 0 Å². The number of amides is 1. The van der Waals surface area contributed by atoms with Crippen LogP contribution in [0.4, 0.5) is 5.69 Å². The minimum atomic E-state index is -0.320. The van der Waals surface area contributed by atoms with Gasteiger partial charge in [0.25, 0.3) is 0 Å². The van der Waals surface area contributed by atoms with Crippen molar-refractivity contribution in [3.05, 3.63) is 36.4 Å². The SMILES string of the molecule is CCC1(C(=O)Nc2cccc3c(O)cccc23)CCNC1. The van der Waals surface area contributed by atoms with E-state index in [0.29, 0.717) is 0 Å². The molecule has 1 atom stereocenters. The van der Waals surface area contributed by atoms with E-state index in [1.165, 1.54) is 0 Å². The number of hydrogen-bond donors (Lipinski definition) is 3. The van der Waals surface area contributed by atoms with Crippen molar-refractivity contribution in [3.63, 3.8) is 0 Å². The minimum absolute atomic E-state index is 0.0610. The molecule has 1 saturated heterocycles. The first-order valence-electron chi connectivity index (χ1n) is 7.39. The van der Waals surface area contributed by atoms with E-state index in [-0.39, 0.29) is 17.1 Å². The van der Waals surface area contributed by atoms with E-state index in [2.05, 4.69) is 17.6 Å². The van der Waals surface area contributed by atoms with Crippen LogP contribution in [0, 0.1) is 5.41 Å². The normalized spacial score (nSPS) is 21.6. The molecule has 0 radical (unpaired) electrons. The number of carbonyl (C=O) groups excluding carboxylic acids is 1. The molecule has 1 amide bonds. The minimum Gasteiger partial charge on any atom is -0.507 e. The average molecular weight is 284 g/mol. The molecule has 21 heavy (non-hydrogen) atoms. The second kappa shape index (κ2) is 5.37. The maximum atomic E-state index is 12.7. The van der Waals surface area contributed by atoms with Crippen molar-refractivity contribution < 1.29 is 9.90 Å². The Labute approximate surface area is 124 Å². The summed E-state index contributed by atoms with van der Waals surface area (Å²) in [6.07, 6.45) is 1.69. The molecule has 3 N–H and O–H groups in total. The number of phenols is 1. The van der Waals surface area contributed by atoms with Crippen molar-refractivity contribution in [1.82, 2.24) is 5.32 Å². The van der Waals surface area contributed by atoms with Crippen LogP contribution in [-0.2, 0) is 4.79 Å². The summed E-state index contributed by atoms with van der Waals surface area (Å²) in [6.45, 7) is 3.67. The number of rotatable bonds is 3. The topological polar surface area (TPSA) is 61.4 Å². The first kappa shape index (κ1) is 13.9. The smallest absolute Gasteiger partial charge is 0.231 e. The van der Waals surface area contributed by atoms with E-state index < -0.39 is 0 Å². The zero-order valence-electron chi connectivity index (χ0n) is 12.1. The Morgan fingerprint density at radius 3 is 2.76 bits per heavy atom. The summed E-state index contributed by atoms with van der Waals surface area (Å²) in [5.41, 5.74) is 0.437. The highest BCUT2D eigenvalue weighted by Crippen LogP contribution is 2.34. The predicted octanol–water partition coefficient (Wildman–Crippen LogP) is 2.87. The molecule has 3 rings (SSSR count). The second-order valence-corrected chi connectivity index (χ2v) is 5.69. The van der Waals surface area contributed by atoms with Gasteiger partial charge < -0.3 is 15.7 Å². The maximum Gasteiger partial charge on any atom is 0.231 e. The van der Waals surface area contributed by atoms with E-state index in [1.54, 1.807) is 12.1 Å². The van der Waals surface area contributed by atoms with Gasteiger partial charge in [-0.2, -0.15) is 0 Å². The third-order valence-electron chi connectivity index (χ3n) is 4.55. The van der Waals surface area contributed by atoms with Gasteiger partial charge in [0.1, 0.15) is 5.75 Å². The molecule has 1 fully saturated rings. The molecule has 1 unspecified atom stereocenters. The fourth-order valence-corrected chi connectivity index (χ4v) is 3.06. The Hall–Kier alpha value is -2.07. The van der Waals surface area contributed by atoms with E-state index in [0.717, 1.165) is 42.4 Å². The molecule has 0 saturated carbocycles. The van der Waals surface area contributed by atoms with Gasteiger partial charge in [0.15, 0.2) is 0 Å². The molecule has 0 aliphatic carbocycles. The summed E-state index contributed by atoms with van der Waals surface area (Å²) in [5.74, 6) is 0.294. The largest absolute Gasteiger partial charge is 0.507 e. The van der Waals surface area contributed by atoms with E-state index in [4.69, 9.17) is 0 Å². The van der Waals surface area contributed by atoms with Gasteiger partial charge in [0.2, 0.25) is 5.91 Å². The Balaban J connectivity index is 1.95. The van der Waals surface area contributed by atoms with Gasteiger partial charge in [0.05, 0.1) is 5.41 Å². The third-order valence-corrected chi connectivity index (χ3v) is 4.55. The lowest BCUT2D eigenvalue weighted by Crippen LogP contribution is -2.37. The molecule has 4 nitrogen and oxygen atoms in total. The summed E-state index contributed by atoms with van der Waals surface area (Å²) in [6, 6.07) is 10.9. The molecule has 1 aliphatic heterocycles. The Morgan fingerprint density at radius 2 is 2.05 bits per heavy atom. The van der Waals surface area contributed by atoms with Gasteiger partial charge in [-0.15, -0.1) is 0 Å². The summed E-state index contributed by atoms with van der Waals surface area (Å²) < 4.78 is 0. The van der Waals surface area contributed by atoms with Crippen LogP contribution >= 0.6 is 0 Å². The van der Waals surface area contributed by atoms with Crippen LogP contribution in [-0.4, -0.2) is 24.1 Å². The first-order valence-corrected chi connectivity index (χ1v) is 7.39. The van der Waals surface area contributed by atoms with Crippen molar-refractivity contribution in [1.29, 1.82) is 0 Å². The van der Waals surface area contributed by atoms with Gasteiger partial charge in [-0.1, -0.05) is 31.2 Å². The highest BCUT2D eigenvalue weighted by molar-refractivity contribution is 6.05. The Morgan fingerprint density at radius 1 is 1.29 bits per heavy atom. The summed E-state index contributed by atoms with van der Waals surface area (Å²) in [7, 11) is 0. The zero-order chi connectivity index (χ0) is 14.9. The molecule has 1 aliphatic rings. The van der Waals surface area contributed by atoms with Crippen molar-refractivity contribution in [3.8, 4) is 5.75 Å². The third kappa shape index (κ3) is 2.36.